The lowest BCUT2D eigenvalue weighted by atomic mass is 9.89. The maximum atomic E-state index is 13.6. The number of aromatic nitrogens is 1. The average Bonchev–Trinajstić information content (AvgIpc) is 2.90. The number of carbonyl (C=O) groups excluding carboxylic acids is 1. The number of aromatic amines is 1. The number of carbonyl (C=O) groups is 1. The first-order valence-corrected chi connectivity index (χ1v) is 13.5. The van der Waals surface area contributed by atoms with Crippen LogP contribution in [-0.4, -0.2) is 48.7 Å². The maximum Gasteiger partial charge on any atom is 0.253 e. The lowest BCUT2D eigenvalue weighted by Gasteiger charge is -2.35. The standard InChI is InChI=1S/C31H39N3O4/c1-6-29(34-12-14-37-15-13-34)26-17-24(23-8-10-25(11-9-23)38-7-2)18-27(22(26)5)30(35)32-19-28-20(3)16-21(4)33-31(28)36/h8-11,16-18,29H,6-7,12-15,19H2,1-5H3,(H,32,35)(H,33,36). The molecular formula is C31H39N3O4. The van der Waals surface area contributed by atoms with Gasteiger partial charge in [-0.2, -0.15) is 0 Å². The van der Waals surface area contributed by atoms with Crippen molar-refractivity contribution in [1.82, 2.24) is 15.2 Å². The van der Waals surface area contributed by atoms with Crippen molar-refractivity contribution in [2.45, 2.75) is 53.6 Å². The number of pyridine rings is 1. The number of benzene rings is 2. The first-order valence-electron chi connectivity index (χ1n) is 13.5. The third kappa shape index (κ3) is 6.17. The fourth-order valence-electron chi connectivity index (χ4n) is 5.32. The molecular weight excluding hydrogens is 478 g/mol. The van der Waals surface area contributed by atoms with Gasteiger partial charge in [0, 0.05) is 42.5 Å². The fourth-order valence-corrected chi connectivity index (χ4v) is 5.32. The molecule has 7 nitrogen and oxygen atoms in total. The molecule has 4 rings (SSSR count). The molecule has 1 unspecified atom stereocenters. The maximum absolute atomic E-state index is 13.6. The molecule has 38 heavy (non-hydrogen) atoms. The van der Waals surface area contributed by atoms with Gasteiger partial charge >= 0.3 is 0 Å². The molecule has 7 heteroatoms. The van der Waals surface area contributed by atoms with Crippen molar-refractivity contribution in [2.75, 3.05) is 32.9 Å². The highest BCUT2D eigenvalue weighted by Crippen LogP contribution is 2.34. The molecule has 0 aliphatic carbocycles. The van der Waals surface area contributed by atoms with Crippen molar-refractivity contribution in [3.63, 3.8) is 0 Å². The number of morpholine rings is 1. The van der Waals surface area contributed by atoms with Crippen LogP contribution in [0.1, 0.15) is 64.6 Å². The zero-order valence-electron chi connectivity index (χ0n) is 23.1. The van der Waals surface area contributed by atoms with Crippen molar-refractivity contribution in [1.29, 1.82) is 0 Å². The monoisotopic (exact) mass is 517 g/mol. The van der Waals surface area contributed by atoms with Crippen LogP contribution in [0.5, 0.6) is 5.75 Å². The van der Waals surface area contributed by atoms with Crippen molar-refractivity contribution < 1.29 is 14.3 Å². The number of H-pyrrole nitrogens is 1. The van der Waals surface area contributed by atoms with Gasteiger partial charge in [0.15, 0.2) is 0 Å². The second-order valence-electron chi connectivity index (χ2n) is 9.89. The second-order valence-corrected chi connectivity index (χ2v) is 9.89. The number of nitrogens with one attached hydrogen (secondary N) is 2. The minimum atomic E-state index is -0.187. The van der Waals surface area contributed by atoms with E-state index in [1.807, 2.05) is 64.1 Å². The normalized spacial score (nSPS) is 14.8. The first kappa shape index (κ1) is 27.6. The van der Waals surface area contributed by atoms with Crippen LogP contribution in [0, 0.1) is 20.8 Å². The summed E-state index contributed by atoms with van der Waals surface area (Å²) in [5.74, 6) is 0.632. The van der Waals surface area contributed by atoms with Crippen molar-refractivity contribution >= 4 is 5.91 Å². The van der Waals surface area contributed by atoms with Crippen LogP contribution in [0.2, 0.25) is 0 Å². The molecule has 202 valence electrons. The molecule has 2 aromatic carbocycles. The van der Waals surface area contributed by atoms with E-state index < -0.39 is 0 Å². The summed E-state index contributed by atoms with van der Waals surface area (Å²) in [5.41, 5.74) is 6.82. The van der Waals surface area contributed by atoms with Gasteiger partial charge in [-0.25, -0.2) is 0 Å². The minimum Gasteiger partial charge on any atom is -0.494 e. The largest absolute Gasteiger partial charge is 0.494 e. The lowest BCUT2D eigenvalue weighted by molar-refractivity contribution is 0.0151. The summed E-state index contributed by atoms with van der Waals surface area (Å²) in [6.45, 7) is 13.9. The molecule has 1 aromatic heterocycles. The predicted molar refractivity (Wildman–Crippen MR) is 151 cm³/mol. The topological polar surface area (TPSA) is 83.7 Å². The Labute approximate surface area is 225 Å². The van der Waals surface area contributed by atoms with Crippen LogP contribution in [-0.2, 0) is 11.3 Å². The van der Waals surface area contributed by atoms with Gasteiger partial charge in [0.1, 0.15) is 5.75 Å². The number of nitrogens with zero attached hydrogens (tertiary/aromatic N) is 1. The van der Waals surface area contributed by atoms with Gasteiger partial charge in [0.2, 0.25) is 0 Å². The molecule has 2 N–H and O–H groups in total. The van der Waals surface area contributed by atoms with Gasteiger partial charge < -0.3 is 19.8 Å². The average molecular weight is 518 g/mol. The zero-order valence-corrected chi connectivity index (χ0v) is 23.1. The molecule has 2 heterocycles. The van der Waals surface area contributed by atoms with E-state index in [9.17, 15) is 9.59 Å². The first-order chi connectivity index (χ1) is 18.3. The van der Waals surface area contributed by atoms with Crippen molar-refractivity contribution in [3.05, 3.63) is 86.3 Å². The van der Waals surface area contributed by atoms with Gasteiger partial charge in [-0.3, -0.25) is 14.5 Å². The van der Waals surface area contributed by atoms with Crippen LogP contribution in [0.4, 0.5) is 0 Å². The number of ether oxygens (including phenoxy) is 2. The summed E-state index contributed by atoms with van der Waals surface area (Å²) in [5, 5.41) is 3.01. The third-order valence-electron chi connectivity index (χ3n) is 7.34. The molecule has 0 spiro atoms. The van der Waals surface area contributed by atoms with E-state index in [4.69, 9.17) is 9.47 Å². The number of hydrogen-bond donors (Lipinski definition) is 2. The Kier molecular flexibility index (Phi) is 9.02. The van der Waals surface area contributed by atoms with Gasteiger partial charge in [0.05, 0.1) is 19.8 Å². The van der Waals surface area contributed by atoms with Gasteiger partial charge in [-0.1, -0.05) is 19.1 Å². The fraction of sp³-hybridized carbons (Fsp3) is 0.419. The van der Waals surface area contributed by atoms with Crippen molar-refractivity contribution in [3.8, 4) is 16.9 Å². The van der Waals surface area contributed by atoms with Crippen LogP contribution in [0.25, 0.3) is 11.1 Å². The lowest BCUT2D eigenvalue weighted by Crippen LogP contribution is -2.39. The zero-order chi connectivity index (χ0) is 27.2. The van der Waals surface area contributed by atoms with E-state index in [-0.39, 0.29) is 24.1 Å². The number of amides is 1. The van der Waals surface area contributed by atoms with E-state index >= 15 is 0 Å². The highest BCUT2D eigenvalue weighted by atomic mass is 16.5. The van der Waals surface area contributed by atoms with Crippen LogP contribution in [0.3, 0.4) is 0 Å². The van der Waals surface area contributed by atoms with Crippen LogP contribution < -0.4 is 15.6 Å². The Morgan fingerprint density at radius 2 is 1.76 bits per heavy atom. The van der Waals surface area contributed by atoms with E-state index in [1.165, 1.54) is 0 Å². The van der Waals surface area contributed by atoms with E-state index in [0.29, 0.717) is 30.9 Å². The molecule has 1 atom stereocenters. The van der Waals surface area contributed by atoms with E-state index in [2.05, 4.69) is 28.2 Å². The summed E-state index contributed by atoms with van der Waals surface area (Å²) in [6, 6.07) is 14.3. The Bertz CT molecular complexity index is 1320. The van der Waals surface area contributed by atoms with Gasteiger partial charge in [0.25, 0.3) is 11.5 Å². The van der Waals surface area contributed by atoms with Crippen LogP contribution in [0.15, 0.2) is 47.3 Å². The molecule has 1 saturated heterocycles. The number of aryl methyl sites for hydroxylation is 2. The predicted octanol–water partition coefficient (Wildman–Crippen LogP) is 5.08. The number of rotatable bonds is 9. The highest BCUT2D eigenvalue weighted by Gasteiger charge is 2.25. The molecule has 0 radical (unpaired) electrons. The minimum absolute atomic E-state index is 0.165. The molecule has 3 aromatic rings. The van der Waals surface area contributed by atoms with E-state index in [1.54, 1.807) is 0 Å². The highest BCUT2D eigenvalue weighted by molar-refractivity contribution is 5.97. The second kappa shape index (κ2) is 12.4. The molecule has 1 amide bonds. The molecule has 1 aliphatic heterocycles. The summed E-state index contributed by atoms with van der Waals surface area (Å²) in [4.78, 5) is 31.4. The Morgan fingerprint density at radius 1 is 1.05 bits per heavy atom. The number of hydrogen-bond acceptors (Lipinski definition) is 5. The van der Waals surface area contributed by atoms with E-state index in [0.717, 1.165) is 58.8 Å². The van der Waals surface area contributed by atoms with Gasteiger partial charge in [-0.15, -0.1) is 0 Å². The summed E-state index contributed by atoms with van der Waals surface area (Å²) in [7, 11) is 0. The Hall–Kier alpha value is -3.42. The summed E-state index contributed by atoms with van der Waals surface area (Å²) in [6.07, 6.45) is 0.923. The van der Waals surface area contributed by atoms with Crippen molar-refractivity contribution in [2.24, 2.45) is 0 Å². The summed E-state index contributed by atoms with van der Waals surface area (Å²) >= 11 is 0. The molecule has 1 fully saturated rings. The molecule has 0 bridgehead atoms. The van der Waals surface area contributed by atoms with Crippen LogP contribution >= 0.6 is 0 Å². The Morgan fingerprint density at radius 3 is 2.39 bits per heavy atom. The Balaban J connectivity index is 1.72. The third-order valence-corrected chi connectivity index (χ3v) is 7.34. The summed E-state index contributed by atoms with van der Waals surface area (Å²) < 4.78 is 11.2. The molecule has 1 aliphatic rings. The SMILES string of the molecule is CCOc1ccc(-c2cc(C(=O)NCc3c(C)cc(C)[nH]c3=O)c(C)c(C(CC)N3CCOCC3)c2)cc1. The quantitative estimate of drug-likeness (QED) is 0.414. The van der Waals surface area contributed by atoms with Gasteiger partial charge in [-0.05, 0) is 92.3 Å². The smallest absolute Gasteiger partial charge is 0.253 e. The molecule has 0 saturated carbocycles.